The molecule has 2 aliphatic heterocycles. The second-order valence-electron chi connectivity index (χ2n) is 8.08. The Morgan fingerprint density at radius 2 is 1.86 bits per heavy atom. The molecule has 2 aromatic carbocycles. The Balaban J connectivity index is 1.62. The summed E-state index contributed by atoms with van der Waals surface area (Å²) in [4.78, 5) is 26.8. The van der Waals surface area contributed by atoms with E-state index in [1.54, 1.807) is 16.7 Å². The fourth-order valence-corrected chi connectivity index (χ4v) is 4.39. The van der Waals surface area contributed by atoms with Crippen LogP contribution >= 0.6 is 11.8 Å². The number of anilines is 2. The molecule has 6 nitrogen and oxygen atoms in total. The third-order valence-corrected chi connectivity index (χ3v) is 5.99. The molecule has 29 heavy (non-hydrogen) atoms. The van der Waals surface area contributed by atoms with Gasteiger partial charge in [-0.1, -0.05) is 32.9 Å². The average Bonchev–Trinajstić information content (AvgIpc) is 3.08. The molecule has 1 fully saturated rings. The number of benzene rings is 2. The quantitative estimate of drug-likeness (QED) is 0.818. The molecule has 0 aromatic heterocycles. The van der Waals surface area contributed by atoms with Gasteiger partial charge in [0.05, 0.1) is 5.75 Å². The van der Waals surface area contributed by atoms with Gasteiger partial charge in [0, 0.05) is 22.9 Å². The van der Waals surface area contributed by atoms with E-state index >= 15 is 0 Å². The number of thioether (sulfide) groups is 1. The number of carbonyl (C=O) groups excluding carboxylic acids is 2. The van der Waals surface area contributed by atoms with Gasteiger partial charge in [-0.05, 0) is 29.8 Å². The van der Waals surface area contributed by atoms with Crippen LogP contribution in [0.1, 0.15) is 31.7 Å². The van der Waals surface area contributed by atoms with E-state index in [0.29, 0.717) is 30.5 Å². The second-order valence-corrected chi connectivity index (χ2v) is 9.15. The summed E-state index contributed by atoms with van der Waals surface area (Å²) in [6.45, 7) is 6.66. The summed E-state index contributed by atoms with van der Waals surface area (Å²) >= 11 is 1.57. The number of amides is 2. The predicted octanol–water partition coefficient (Wildman–Crippen LogP) is 4.22. The largest absolute Gasteiger partial charge is 0.486 e. The Morgan fingerprint density at radius 1 is 1.10 bits per heavy atom. The van der Waals surface area contributed by atoms with Gasteiger partial charge in [-0.25, -0.2) is 0 Å². The van der Waals surface area contributed by atoms with Crippen LogP contribution in [0.2, 0.25) is 0 Å². The molecule has 4 rings (SSSR count). The number of ether oxygens (including phenoxy) is 2. The van der Waals surface area contributed by atoms with Gasteiger partial charge in [-0.2, -0.15) is 0 Å². The summed E-state index contributed by atoms with van der Waals surface area (Å²) in [5.41, 5.74) is 1.98. The van der Waals surface area contributed by atoms with Crippen molar-refractivity contribution in [1.29, 1.82) is 0 Å². The highest BCUT2D eigenvalue weighted by atomic mass is 32.2. The van der Waals surface area contributed by atoms with E-state index in [4.69, 9.17) is 9.47 Å². The van der Waals surface area contributed by atoms with Crippen LogP contribution in [-0.2, 0) is 9.59 Å². The lowest BCUT2D eigenvalue weighted by Crippen LogP contribution is -2.29. The van der Waals surface area contributed by atoms with Gasteiger partial charge in [0.1, 0.15) is 18.6 Å². The van der Waals surface area contributed by atoms with Crippen molar-refractivity contribution in [3.8, 4) is 11.5 Å². The van der Waals surface area contributed by atoms with Crippen LogP contribution < -0.4 is 19.7 Å². The molecule has 2 aliphatic rings. The Kier molecular flexibility index (Phi) is 5.17. The zero-order chi connectivity index (χ0) is 20.6. The maximum absolute atomic E-state index is 12.7. The van der Waals surface area contributed by atoms with Crippen molar-refractivity contribution in [1.82, 2.24) is 0 Å². The molecule has 2 aromatic rings. The Labute approximate surface area is 174 Å². The van der Waals surface area contributed by atoms with Crippen molar-refractivity contribution >= 4 is 35.0 Å². The van der Waals surface area contributed by atoms with Gasteiger partial charge in [0.15, 0.2) is 11.5 Å². The number of nitrogens with one attached hydrogen (secondary N) is 1. The van der Waals surface area contributed by atoms with E-state index in [9.17, 15) is 9.59 Å². The normalized spacial score (nSPS) is 18.7. The highest BCUT2D eigenvalue weighted by Gasteiger charge is 2.35. The van der Waals surface area contributed by atoms with Crippen LogP contribution in [0, 0.1) is 5.41 Å². The molecule has 1 unspecified atom stereocenters. The third kappa shape index (κ3) is 4.05. The zero-order valence-corrected chi connectivity index (χ0v) is 17.5. The molecule has 0 bridgehead atoms. The molecule has 2 heterocycles. The minimum Gasteiger partial charge on any atom is -0.486 e. The lowest BCUT2D eigenvalue weighted by molar-refractivity contribution is -0.123. The summed E-state index contributed by atoms with van der Waals surface area (Å²) in [5.74, 6) is 1.75. The maximum atomic E-state index is 12.7. The fraction of sp³-hybridized carbons (Fsp3) is 0.364. The molecule has 0 aliphatic carbocycles. The van der Waals surface area contributed by atoms with Gasteiger partial charge < -0.3 is 14.8 Å². The summed E-state index contributed by atoms with van der Waals surface area (Å²) in [6.07, 6.45) is 0. The highest BCUT2D eigenvalue weighted by Crippen LogP contribution is 2.44. The molecular weight excluding hydrogens is 388 g/mol. The zero-order valence-electron chi connectivity index (χ0n) is 16.7. The van der Waals surface area contributed by atoms with Gasteiger partial charge in [-0.3, -0.25) is 14.5 Å². The molecule has 1 saturated heterocycles. The van der Waals surface area contributed by atoms with Gasteiger partial charge in [0.25, 0.3) is 0 Å². The van der Waals surface area contributed by atoms with Crippen LogP contribution in [0.5, 0.6) is 11.5 Å². The van der Waals surface area contributed by atoms with Crippen LogP contribution in [0.15, 0.2) is 42.5 Å². The van der Waals surface area contributed by atoms with E-state index in [2.05, 4.69) is 5.32 Å². The summed E-state index contributed by atoms with van der Waals surface area (Å²) in [6, 6.07) is 13.3. The van der Waals surface area contributed by atoms with E-state index in [-0.39, 0.29) is 17.2 Å². The van der Waals surface area contributed by atoms with Crippen LogP contribution in [-0.4, -0.2) is 30.8 Å². The molecule has 1 N–H and O–H groups in total. The molecule has 152 valence electrons. The fourth-order valence-electron chi connectivity index (χ4n) is 3.22. The SMILES string of the molecule is CC(C)(C)C(=O)Nc1cccc(C2SCC(=O)N2c2ccc3c(c2)OCCO3)c1. The van der Waals surface area contributed by atoms with Crippen LogP contribution in [0.3, 0.4) is 0 Å². The van der Waals surface area contributed by atoms with Gasteiger partial charge in [-0.15, -0.1) is 11.8 Å². The molecular formula is C22H24N2O4S. The first-order chi connectivity index (χ1) is 13.8. The number of rotatable bonds is 3. The number of carbonyl (C=O) groups is 2. The van der Waals surface area contributed by atoms with Crippen molar-refractivity contribution in [2.24, 2.45) is 5.41 Å². The minimum absolute atomic E-state index is 0.0424. The van der Waals surface area contributed by atoms with Crippen molar-refractivity contribution in [2.75, 3.05) is 29.2 Å². The second kappa shape index (κ2) is 7.63. The number of fused-ring (bicyclic) bond motifs is 1. The summed E-state index contributed by atoms with van der Waals surface area (Å²) in [5, 5.41) is 2.79. The summed E-state index contributed by atoms with van der Waals surface area (Å²) in [7, 11) is 0. The van der Waals surface area contributed by atoms with Crippen molar-refractivity contribution < 1.29 is 19.1 Å². The highest BCUT2D eigenvalue weighted by molar-refractivity contribution is 8.00. The number of nitrogens with zero attached hydrogens (tertiary/aromatic N) is 1. The first-order valence-corrected chi connectivity index (χ1v) is 10.6. The molecule has 2 amide bonds. The van der Waals surface area contributed by atoms with E-state index in [1.807, 2.05) is 63.2 Å². The first-order valence-electron chi connectivity index (χ1n) is 9.58. The number of hydrogen-bond donors (Lipinski definition) is 1. The molecule has 0 spiro atoms. The Morgan fingerprint density at radius 3 is 2.62 bits per heavy atom. The lowest BCUT2D eigenvalue weighted by Gasteiger charge is -2.27. The van der Waals surface area contributed by atoms with Crippen LogP contribution in [0.4, 0.5) is 11.4 Å². The topological polar surface area (TPSA) is 67.9 Å². The van der Waals surface area contributed by atoms with Crippen molar-refractivity contribution in [3.05, 3.63) is 48.0 Å². The third-order valence-electron chi connectivity index (χ3n) is 4.78. The van der Waals surface area contributed by atoms with Crippen LogP contribution in [0.25, 0.3) is 0 Å². The maximum Gasteiger partial charge on any atom is 0.238 e. The van der Waals surface area contributed by atoms with E-state index in [1.165, 1.54) is 0 Å². The molecule has 0 saturated carbocycles. The average molecular weight is 413 g/mol. The van der Waals surface area contributed by atoms with E-state index < -0.39 is 5.41 Å². The number of hydrogen-bond acceptors (Lipinski definition) is 5. The molecule has 0 radical (unpaired) electrons. The van der Waals surface area contributed by atoms with E-state index in [0.717, 1.165) is 16.9 Å². The van der Waals surface area contributed by atoms with Gasteiger partial charge >= 0.3 is 0 Å². The predicted molar refractivity (Wildman–Crippen MR) is 115 cm³/mol. The standard InChI is InChI=1S/C22H24N2O4S/c1-22(2,3)21(26)23-15-6-4-5-14(11-15)20-24(19(25)13-29-20)16-7-8-17-18(12-16)28-10-9-27-17/h4-8,11-12,20H,9-10,13H2,1-3H3,(H,23,26). The molecule has 1 atom stereocenters. The monoisotopic (exact) mass is 412 g/mol. The first kappa shape index (κ1) is 19.6. The molecule has 7 heteroatoms. The summed E-state index contributed by atoms with van der Waals surface area (Å²) < 4.78 is 11.3. The van der Waals surface area contributed by atoms with Crippen molar-refractivity contribution in [3.63, 3.8) is 0 Å². The lowest BCUT2D eigenvalue weighted by atomic mass is 9.95. The smallest absolute Gasteiger partial charge is 0.238 e. The van der Waals surface area contributed by atoms with Gasteiger partial charge in [0.2, 0.25) is 11.8 Å². The van der Waals surface area contributed by atoms with Crippen molar-refractivity contribution in [2.45, 2.75) is 26.1 Å². The Bertz CT molecular complexity index is 954. The Hall–Kier alpha value is -2.67. The minimum atomic E-state index is -0.481.